The van der Waals surface area contributed by atoms with Crippen molar-refractivity contribution in [3.63, 3.8) is 0 Å². The molecular formula is C35H55NS5. The number of thiophene rings is 2. The van der Waals surface area contributed by atoms with Gasteiger partial charge in [-0.1, -0.05) is 105 Å². The van der Waals surface area contributed by atoms with Crippen molar-refractivity contribution in [2.75, 3.05) is 11.5 Å². The molecule has 0 radical (unpaired) electrons. The normalized spacial score (nSPS) is 13.2. The van der Waals surface area contributed by atoms with Gasteiger partial charge < -0.3 is 0 Å². The number of unbranched alkanes of at least 4 members (excludes halogenated alkanes) is 8. The van der Waals surface area contributed by atoms with Gasteiger partial charge in [0, 0.05) is 43.1 Å². The second-order valence-electron chi connectivity index (χ2n) is 11.7. The summed E-state index contributed by atoms with van der Waals surface area (Å²) in [5, 5.41) is 5.89. The van der Waals surface area contributed by atoms with Crippen LogP contribution in [-0.2, 0) is 0 Å². The van der Waals surface area contributed by atoms with E-state index in [1.807, 2.05) is 34.0 Å². The molecule has 0 amide bonds. The molecule has 0 aliphatic rings. The standard InChI is InChI=1S/C35H55NS5/c1-5-9-13-15-19-28(17-11-7-3)24-37-30-21-32(39-26-30)34-23-36-35(41-34)33-22-31(27-40-33)38-25-29(18-12-8-4)20-16-14-10-6-2/h21-23,26-29H,5-20,24-25H2,1-4H3. The third kappa shape index (κ3) is 13.5. The average Bonchev–Trinajstić information content (AvgIpc) is 3.76. The molecule has 0 fully saturated rings. The topological polar surface area (TPSA) is 12.9 Å². The lowest BCUT2D eigenvalue weighted by atomic mass is 9.97. The Hall–Kier alpha value is -0.270. The number of thioether (sulfide) groups is 2. The highest BCUT2D eigenvalue weighted by atomic mass is 32.2. The van der Waals surface area contributed by atoms with Crippen LogP contribution in [0.5, 0.6) is 0 Å². The van der Waals surface area contributed by atoms with E-state index in [-0.39, 0.29) is 0 Å². The Kier molecular flexibility index (Phi) is 18.4. The van der Waals surface area contributed by atoms with Crippen molar-refractivity contribution >= 4 is 57.5 Å². The first-order valence-electron chi connectivity index (χ1n) is 16.6. The lowest BCUT2D eigenvalue weighted by molar-refractivity contribution is 0.451. The van der Waals surface area contributed by atoms with Crippen molar-refractivity contribution in [2.45, 2.75) is 140 Å². The summed E-state index contributed by atoms with van der Waals surface area (Å²) in [6.07, 6.45) is 24.1. The first kappa shape index (κ1) is 35.2. The molecule has 1 nitrogen and oxygen atoms in total. The van der Waals surface area contributed by atoms with Gasteiger partial charge in [-0.2, -0.15) is 0 Å². The quantitative estimate of drug-likeness (QED) is 0.0708. The zero-order valence-corrected chi connectivity index (χ0v) is 30.3. The average molecular weight is 650 g/mol. The van der Waals surface area contributed by atoms with E-state index in [4.69, 9.17) is 4.98 Å². The third-order valence-corrected chi connectivity index (χ3v) is 13.9. The molecule has 0 aliphatic carbocycles. The van der Waals surface area contributed by atoms with E-state index >= 15 is 0 Å². The molecule has 3 rings (SSSR count). The van der Waals surface area contributed by atoms with Gasteiger partial charge in [0.25, 0.3) is 0 Å². The number of rotatable bonds is 24. The van der Waals surface area contributed by atoms with Crippen molar-refractivity contribution in [1.82, 2.24) is 4.98 Å². The Labute approximate surface area is 273 Å². The van der Waals surface area contributed by atoms with E-state index in [1.165, 1.54) is 144 Å². The number of hydrogen-bond donors (Lipinski definition) is 0. The smallest absolute Gasteiger partial charge is 0.133 e. The maximum atomic E-state index is 4.86. The largest absolute Gasteiger partial charge is 0.243 e. The number of aromatic nitrogens is 1. The zero-order chi connectivity index (χ0) is 29.1. The van der Waals surface area contributed by atoms with Gasteiger partial charge in [-0.05, 0) is 49.7 Å². The van der Waals surface area contributed by atoms with Crippen LogP contribution >= 0.6 is 57.5 Å². The molecule has 0 saturated heterocycles. The predicted molar refractivity (Wildman–Crippen MR) is 194 cm³/mol. The molecule has 6 heteroatoms. The highest BCUT2D eigenvalue weighted by Crippen LogP contribution is 2.41. The fourth-order valence-corrected chi connectivity index (χ4v) is 10.8. The molecule has 3 aromatic heterocycles. The molecule has 3 aromatic rings. The van der Waals surface area contributed by atoms with E-state index < -0.39 is 0 Å². The van der Waals surface area contributed by atoms with Crippen LogP contribution in [-0.4, -0.2) is 16.5 Å². The van der Waals surface area contributed by atoms with E-state index in [0.717, 1.165) is 11.8 Å². The van der Waals surface area contributed by atoms with Gasteiger partial charge in [0.1, 0.15) is 5.01 Å². The van der Waals surface area contributed by atoms with Gasteiger partial charge in [0.05, 0.1) is 9.75 Å². The van der Waals surface area contributed by atoms with Crippen LogP contribution in [0.3, 0.4) is 0 Å². The van der Waals surface area contributed by atoms with Crippen LogP contribution in [0.15, 0.2) is 38.9 Å². The van der Waals surface area contributed by atoms with Crippen LogP contribution in [0.25, 0.3) is 19.6 Å². The van der Waals surface area contributed by atoms with E-state index in [9.17, 15) is 0 Å². The Morgan fingerprint density at radius 3 is 1.61 bits per heavy atom. The van der Waals surface area contributed by atoms with Gasteiger partial charge in [-0.3, -0.25) is 0 Å². The minimum absolute atomic E-state index is 0.862. The molecule has 0 aromatic carbocycles. The molecule has 41 heavy (non-hydrogen) atoms. The van der Waals surface area contributed by atoms with Crippen molar-refractivity contribution < 1.29 is 0 Å². The lowest BCUT2D eigenvalue weighted by Gasteiger charge is -2.15. The summed E-state index contributed by atoms with van der Waals surface area (Å²) in [5.74, 6) is 4.26. The van der Waals surface area contributed by atoms with Crippen molar-refractivity contribution in [1.29, 1.82) is 0 Å². The minimum atomic E-state index is 0.862. The van der Waals surface area contributed by atoms with Crippen LogP contribution < -0.4 is 0 Å². The molecule has 0 N–H and O–H groups in total. The maximum Gasteiger partial charge on any atom is 0.133 e. The Balaban J connectivity index is 1.51. The van der Waals surface area contributed by atoms with Gasteiger partial charge in [-0.25, -0.2) is 4.98 Å². The monoisotopic (exact) mass is 649 g/mol. The highest BCUT2D eigenvalue weighted by molar-refractivity contribution is 7.99. The third-order valence-electron chi connectivity index (χ3n) is 7.95. The number of hydrogen-bond acceptors (Lipinski definition) is 6. The summed E-state index contributed by atoms with van der Waals surface area (Å²) in [6.45, 7) is 9.27. The fraction of sp³-hybridized carbons (Fsp3) is 0.686. The second kappa shape index (κ2) is 21.4. The molecule has 230 valence electrons. The predicted octanol–water partition coefficient (Wildman–Crippen LogP) is 14.3. The van der Waals surface area contributed by atoms with Crippen LogP contribution in [0.1, 0.15) is 130 Å². The van der Waals surface area contributed by atoms with Crippen molar-refractivity contribution in [3.8, 4) is 19.6 Å². The Bertz CT molecular complexity index is 970. The fourth-order valence-electron chi connectivity index (χ4n) is 5.29. The first-order valence-corrected chi connectivity index (χ1v) is 21.1. The molecule has 2 atom stereocenters. The summed E-state index contributed by atoms with van der Waals surface area (Å²) in [4.78, 5) is 11.7. The maximum absolute atomic E-state index is 4.86. The van der Waals surface area contributed by atoms with Crippen LogP contribution in [0.4, 0.5) is 0 Å². The molecule has 0 bridgehead atoms. The molecular weight excluding hydrogens is 595 g/mol. The van der Waals surface area contributed by atoms with Gasteiger partial charge in [-0.15, -0.1) is 57.5 Å². The van der Waals surface area contributed by atoms with Crippen molar-refractivity contribution in [3.05, 3.63) is 29.1 Å². The van der Waals surface area contributed by atoms with E-state index in [2.05, 4.69) is 80.3 Å². The summed E-state index contributed by atoms with van der Waals surface area (Å²) in [6, 6.07) is 4.80. The summed E-state index contributed by atoms with van der Waals surface area (Å²) in [5.41, 5.74) is 0. The second-order valence-corrected chi connectivity index (χ2v) is 16.7. The molecule has 0 spiro atoms. The lowest BCUT2D eigenvalue weighted by Crippen LogP contribution is -2.04. The molecule has 0 aliphatic heterocycles. The number of nitrogens with zero attached hydrogens (tertiary/aromatic N) is 1. The van der Waals surface area contributed by atoms with E-state index in [0.29, 0.717) is 0 Å². The van der Waals surface area contributed by atoms with Crippen LogP contribution in [0.2, 0.25) is 0 Å². The first-order chi connectivity index (χ1) is 20.2. The van der Waals surface area contributed by atoms with Gasteiger partial charge >= 0.3 is 0 Å². The summed E-state index contributed by atoms with van der Waals surface area (Å²) < 4.78 is 0. The van der Waals surface area contributed by atoms with Crippen molar-refractivity contribution in [2.24, 2.45) is 11.8 Å². The minimum Gasteiger partial charge on any atom is -0.243 e. The van der Waals surface area contributed by atoms with E-state index in [1.54, 1.807) is 0 Å². The highest BCUT2D eigenvalue weighted by Gasteiger charge is 2.15. The van der Waals surface area contributed by atoms with Gasteiger partial charge in [0.15, 0.2) is 0 Å². The van der Waals surface area contributed by atoms with Crippen LogP contribution in [0, 0.1) is 11.8 Å². The summed E-state index contributed by atoms with van der Waals surface area (Å²) in [7, 11) is 0. The Morgan fingerprint density at radius 1 is 0.585 bits per heavy atom. The molecule has 0 saturated carbocycles. The molecule has 2 unspecified atom stereocenters. The number of thiazole rings is 1. The SMILES string of the molecule is CCCCCCC(CCCC)CSc1csc(-c2cnc(-c3cc(SCC(CCCC)CCCCCC)cs3)s2)c1. The summed E-state index contributed by atoms with van der Waals surface area (Å²) >= 11 is 9.76. The molecule has 3 heterocycles. The van der Waals surface area contributed by atoms with Gasteiger partial charge in [0.2, 0.25) is 0 Å². The Morgan fingerprint density at radius 2 is 1.07 bits per heavy atom. The zero-order valence-electron chi connectivity index (χ0n) is 26.3.